The summed E-state index contributed by atoms with van der Waals surface area (Å²) in [6.07, 6.45) is 2.20. The first-order chi connectivity index (χ1) is 8.49. The van der Waals surface area contributed by atoms with Crippen LogP contribution in [0.25, 0.3) is 0 Å². The normalized spacial score (nSPS) is 16.1. The minimum Gasteiger partial charge on any atom is -0.478 e. The van der Waals surface area contributed by atoms with Gasteiger partial charge in [0.25, 0.3) is 0 Å². The Hall–Kier alpha value is -2.04. The number of carboxylic acids is 1. The molecule has 96 valence electrons. The van der Waals surface area contributed by atoms with Crippen LogP contribution in [-0.2, 0) is 4.79 Å². The Morgan fingerprint density at radius 2 is 2.11 bits per heavy atom. The van der Waals surface area contributed by atoms with Crippen LogP contribution in [-0.4, -0.2) is 17.0 Å². The van der Waals surface area contributed by atoms with E-state index in [1.165, 1.54) is 18.2 Å². The first-order valence-corrected chi connectivity index (χ1v) is 5.92. The van der Waals surface area contributed by atoms with Crippen molar-refractivity contribution in [2.75, 3.05) is 11.1 Å². The van der Waals surface area contributed by atoms with E-state index in [1.54, 1.807) is 0 Å². The molecule has 0 aliphatic heterocycles. The van der Waals surface area contributed by atoms with Gasteiger partial charge in [0.15, 0.2) is 0 Å². The number of benzene rings is 1. The average Bonchev–Trinajstić information content (AvgIpc) is 3.14. The van der Waals surface area contributed by atoms with Crippen LogP contribution in [0.4, 0.5) is 11.4 Å². The van der Waals surface area contributed by atoms with Crippen LogP contribution in [0.15, 0.2) is 18.2 Å². The van der Waals surface area contributed by atoms with Crippen LogP contribution in [0.1, 0.15) is 30.1 Å². The molecule has 2 rings (SSSR count). The molecule has 0 radical (unpaired) electrons. The minimum absolute atomic E-state index is 0.0245. The van der Waals surface area contributed by atoms with Gasteiger partial charge in [-0.2, -0.15) is 0 Å². The van der Waals surface area contributed by atoms with E-state index in [0.29, 0.717) is 11.6 Å². The molecule has 0 bridgehead atoms. The predicted octanol–water partition coefficient (Wildman–Crippen LogP) is 1.95. The molecule has 5 heteroatoms. The number of nitrogens with one attached hydrogen (secondary N) is 1. The van der Waals surface area contributed by atoms with Gasteiger partial charge in [-0.15, -0.1) is 0 Å². The van der Waals surface area contributed by atoms with Crippen molar-refractivity contribution in [3.05, 3.63) is 23.8 Å². The number of hydrogen-bond donors (Lipinski definition) is 3. The average molecular weight is 248 g/mol. The second-order valence-corrected chi connectivity index (χ2v) is 4.72. The quantitative estimate of drug-likeness (QED) is 0.710. The number of nitrogens with two attached hydrogens (primary N) is 1. The lowest BCUT2D eigenvalue weighted by Crippen LogP contribution is -2.22. The maximum Gasteiger partial charge on any atom is 0.335 e. The molecule has 1 aromatic rings. The summed E-state index contributed by atoms with van der Waals surface area (Å²) < 4.78 is 0. The molecule has 0 spiro atoms. The fraction of sp³-hybridized carbons (Fsp3) is 0.385. The molecule has 1 aliphatic rings. The molecular formula is C13H16N2O3. The van der Waals surface area contributed by atoms with Gasteiger partial charge in [0.1, 0.15) is 0 Å². The Morgan fingerprint density at radius 3 is 2.61 bits per heavy atom. The Labute approximate surface area is 105 Å². The van der Waals surface area contributed by atoms with Crippen molar-refractivity contribution in [2.24, 2.45) is 11.8 Å². The van der Waals surface area contributed by atoms with E-state index >= 15 is 0 Å². The highest BCUT2D eigenvalue weighted by molar-refractivity contribution is 5.97. The van der Waals surface area contributed by atoms with E-state index < -0.39 is 5.97 Å². The summed E-state index contributed by atoms with van der Waals surface area (Å²) in [4.78, 5) is 22.6. The Bertz CT molecular complexity index is 495. The molecule has 1 saturated carbocycles. The molecular weight excluding hydrogens is 232 g/mol. The summed E-state index contributed by atoms with van der Waals surface area (Å²) in [6.45, 7) is 1.90. The number of hydrogen-bond acceptors (Lipinski definition) is 3. The second kappa shape index (κ2) is 4.68. The van der Waals surface area contributed by atoms with E-state index in [-0.39, 0.29) is 23.1 Å². The molecule has 18 heavy (non-hydrogen) atoms. The fourth-order valence-electron chi connectivity index (χ4n) is 1.87. The van der Waals surface area contributed by atoms with Crippen LogP contribution in [0.5, 0.6) is 0 Å². The number of aromatic carboxylic acids is 1. The van der Waals surface area contributed by atoms with Crippen molar-refractivity contribution >= 4 is 23.3 Å². The zero-order chi connectivity index (χ0) is 13.3. The van der Waals surface area contributed by atoms with Crippen LogP contribution >= 0.6 is 0 Å². The van der Waals surface area contributed by atoms with E-state index in [0.717, 1.165) is 12.8 Å². The molecule has 1 amide bonds. The van der Waals surface area contributed by atoms with E-state index in [2.05, 4.69) is 5.32 Å². The van der Waals surface area contributed by atoms with Crippen LogP contribution < -0.4 is 11.1 Å². The summed E-state index contributed by atoms with van der Waals surface area (Å²) in [5.74, 6) is -0.647. The molecule has 5 nitrogen and oxygen atoms in total. The number of amides is 1. The Morgan fingerprint density at radius 1 is 1.44 bits per heavy atom. The monoisotopic (exact) mass is 248 g/mol. The maximum absolute atomic E-state index is 11.9. The molecule has 0 aromatic heterocycles. The van der Waals surface area contributed by atoms with Gasteiger partial charge in [0.2, 0.25) is 5.91 Å². The number of carbonyl (C=O) groups excluding carboxylic acids is 1. The lowest BCUT2D eigenvalue weighted by atomic mass is 10.1. The zero-order valence-corrected chi connectivity index (χ0v) is 10.1. The van der Waals surface area contributed by atoms with Gasteiger partial charge in [0.05, 0.1) is 16.9 Å². The Balaban J connectivity index is 2.09. The van der Waals surface area contributed by atoms with Crippen LogP contribution in [0.3, 0.4) is 0 Å². The maximum atomic E-state index is 11.9. The first kappa shape index (κ1) is 12.4. The van der Waals surface area contributed by atoms with Crippen LogP contribution in [0.2, 0.25) is 0 Å². The van der Waals surface area contributed by atoms with Crippen LogP contribution in [0, 0.1) is 11.8 Å². The molecule has 1 fully saturated rings. The minimum atomic E-state index is -1.04. The van der Waals surface area contributed by atoms with Gasteiger partial charge in [0, 0.05) is 5.92 Å². The molecule has 1 aliphatic carbocycles. The number of anilines is 2. The largest absolute Gasteiger partial charge is 0.478 e. The van der Waals surface area contributed by atoms with E-state index in [4.69, 9.17) is 10.8 Å². The first-order valence-electron chi connectivity index (χ1n) is 5.92. The zero-order valence-electron chi connectivity index (χ0n) is 10.1. The van der Waals surface area contributed by atoms with E-state index in [9.17, 15) is 9.59 Å². The molecule has 0 saturated heterocycles. The van der Waals surface area contributed by atoms with Crippen molar-refractivity contribution in [2.45, 2.75) is 19.8 Å². The van der Waals surface area contributed by atoms with Crippen molar-refractivity contribution in [3.8, 4) is 0 Å². The van der Waals surface area contributed by atoms with Gasteiger partial charge in [-0.1, -0.05) is 6.92 Å². The van der Waals surface area contributed by atoms with Gasteiger partial charge in [-0.05, 0) is 37.0 Å². The molecule has 0 heterocycles. The van der Waals surface area contributed by atoms with E-state index in [1.807, 2.05) is 6.92 Å². The number of carboxylic acid groups (broad SMARTS) is 1. The summed E-state index contributed by atoms with van der Waals surface area (Å²) >= 11 is 0. The number of rotatable bonds is 4. The summed E-state index contributed by atoms with van der Waals surface area (Å²) in [5.41, 5.74) is 6.57. The third-order valence-corrected chi connectivity index (χ3v) is 3.30. The van der Waals surface area contributed by atoms with Gasteiger partial charge >= 0.3 is 5.97 Å². The summed E-state index contributed by atoms with van der Waals surface area (Å²) in [6, 6.07) is 4.30. The standard InChI is InChI=1S/C13H16N2O3/c1-7(8-2-3-8)12(16)15-11-5-4-9(13(17)18)6-10(11)14/h4-8H,2-3,14H2,1H3,(H,15,16)(H,17,18). The Kier molecular flexibility index (Phi) is 3.23. The molecule has 4 N–H and O–H groups in total. The lowest BCUT2D eigenvalue weighted by molar-refractivity contribution is -0.119. The lowest BCUT2D eigenvalue weighted by Gasteiger charge is -2.13. The number of carbonyl (C=O) groups is 2. The highest BCUT2D eigenvalue weighted by Gasteiger charge is 2.32. The molecule has 1 aromatic carbocycles. The third kappa shape index (κ3) is 2.61. The van der Waals surface area contributed by atoms with Crippen molar-refractivity contribution in [1.82, 2.24) is 0 Å². The van der Waals surface area contributed by atoms with Crippen molar-refractivity contribution < 1.29 is 14.7 Å². The van der Waals surface area contributed by atoms with Crippen molar-refractivity contribution in [3.63, 3.8) is 0 Å². The molecule has 1 atom stereocenters. The fourth-order valence-corrected chi connectivity index (χ4v) is 1.87. The summed E-state index contributed by atoms with van der Waals surface area (Å²) in [5, 5.41) is 11.5. The topological polar surface area (TPSA) is 92.4 Å². The third-order valence-electron chi connectivity index (χ3n) is 3.30. The SMILES string of the molecule is CC(C(=O)Nc1ccc(C(=O)O)cc1N)C1CC1. The predicted molar refractivity (Wildman–Crippen MR) is 68.3 cm³/mol. The van der Waals surface area contributed by atoms with Gasteiger partial charge in [-0.25, -0.2) is 4.79 Å². The van der Waals surface area contributed by atoms with Crippen molar-refractivity contribution in [1.29, 1.82) is 0 Å². The van der Waals surface area contributed by atoms with Gasteiger partial charge in [-0.3, -0.25) is 4.79 Å². The van der Waals surface area contributed by atoms with Gasteiger partial charge < -0.3 is 16.2 Å². The smallest absolute Gasteiger partial charge is 0.335 e. The number of nitrogen functional groups attached to an aromatic ring is 1. The second-order valence-electron chi connectivity index (χ2n) is 4.72. The molecule has 1 unspecified atom stereocenters. The summed E-state index contributed by atoms with van der Waals surface area (Å²) in [7, 11) is 0. The highest BCUT2D eigenvalue weighted by atomic mass is 16.4. The highest BCUT2D eigenvalue weighted by Crippen LogP contribution is 2.37.